The molecule has 0 aliphatic carbocycles. The summed E-state index contributed by atoms with van der Waals surface area (Å²) in [5.74, 6) is 0.560. The Hall–Kier alpha value is -2.47. The molecule has 0 amide bonds. The fourth-order valence-electron chi connectivity index (χ4n) is 2.16. The van der Waals surface area contributed by atoms with Crippen LogP contribution in [0.3, 0.4) is 0 Å². The summed E-state index contributed by atoms with van der Waals surface area (Å²) < 4.78 is 1.52. The molecular formula is C13H8N4OS. The van der Waals surface area contributed by atoms with Crippen molar-refractivity contribution in [3.8, 4) is 11.4 Å². The molecule has 0 saturated heterocycles. The van der Waals surface area contributed by atoms with Crippen LogP contribution in [0.1, 0.15) is 0 Å². The average molecular weight is 268 g/mol. The van der Waals surface area contributed by atoms with Gasteiger partial charge in [-0.05, 0) is 11.4 Å². The number of benzene rings is 1. The third kappa shape index (κ3) is 1.43. The van der Waals surface area contributed by atoms with Crippen molar-refractivity contribution >= 4 is 27.2 Å². The van der Waals surface area contributed by atoms with Crippen molar-refractivity contribution < 1.29 is 0 Å². The summed E-state index contributed by atoms with van der Waals surface area (Å²) in [5, 5.41) is 11.2. The van der Waals surface area contributed by atoms with Gasteiger partial charge in [0.15, 0.2) is 11.5 Å². The molecule has 0 spiro atoms. The molecule has 92 valence electrons. The highest BCUT2D eigenvalue weighted by Gasteiger charge is 2.14. The van der Waals surface area contributed by atoms with Gasteiger partial charge in [0.05, 0.1) is 5.39 Å². The maximum atomic E-state index is 12.2. The number of fused-ring (bicyclic) bond motifs is 3. The Labute approximate surface area is 111 Å². The third-order valence-electron chi connectivity index (χ3n) is 3.02. The molecule has 3 aromatic heterocycles. The molecule has 0 atom stereocenters. The number of nitrogens with one attached hydrogen (secondary N) is 1. The van der Waals surface area contributed by atoms with Crippen LogP contribution in [0, 0.1) is 0 Å². The number of H-pyrrole nitrogens is 1. The van der Waals surface area contributed by atoms with Crippen molar-refractivity contribution in [2.75, 3.05) is 0 Å². The van der Waals surface area contributed by atoms with Gasteiger partial charge in [0.25, 0.3) is 0 Å². The number of thiophene rings is 1. The van der Waals surface area contributed by atoms with Crippen LogP contribution in [-0.2, 0) is 0 Å². The molecule has 0 saturated carbocycles. The number of hydrogen-bond donors (Lipinski definition) is 1. The predicted molar refractivity (Wildman–Crippen MR) is 74.4 cm³/mol. The van der Waals surface area contributed by atoms with Crippen molar-refractivity contribution in [1.29, 1.82) is 0 Å². The van der Waals surface area contributed by atoms with Crippen LogP contribution in [0.2, 0.25) is 0 Å². The summed E-state index contributed by atoms with van der Waals surface area (Å²) in [6.45, 7) is 0. The minimum absolute atomic E-state index is 0.214. The standard InChI is InChI=1S/C13H8N4OS/c18-13-14-12-9(6-7-19-12)11-16-15-10(17(11)13)8-4-2-1-3-5-8/h1-7H,(H,14,18). The summed E-state index contributed by atoms with van der Waals surface area (Å²) in [7, 11) is 0. The Balaban J connectivity index is 2.17. The van der Waals surface area contributed by atoms with E-state index in [9.17, 15) is 4.79 Å². The van der Waals surface area contributed by atoms with Crippen LogP contribution in [0.5, 0.6) is 0 Å². The molecule has 5 nitrogen and oxygen atoms in total. The summed E-state index contributed by atoms with van der Waals surface area (Å²) in [6, 6.07) is 11.5. The van der Waals surface area contributed by atoms with Gasteiger partial charge in [-0.2, -0.15) is 0 Å². The SMILES string of the molecule is O=c1[nH]c2sccc2c2nnc(-c3ccccc3)n12. The van der Waals surface area contributed by atoms with Gasteiger partial charge in [0.2, 0.25) is 0 Å². The number of aromatic nitrogens is 4. The molecule has 0 radical (unpaired) electrons. The van der Waals surface area contributed by atoms with Crippen LogP contribution in [-0.4, -0.2) is 19.6 Å². The Bertz CT molecular complexity index is 936. The van der Waals surface area contributed by atoms with E-state index < -0.39 is 0 Å². The van der Waals surface area contributed by atoms with Crippen molar-refractivity contribution in [3.05, 3.63) is 52.3 Å². The maximum absolute atomic E-state index is 12.2. The van der Waals surface area contributed by atoms with Gasteiger partial charge >= 0.3 is 5.69 Å². The van der Waals surface area contributed by atoms with E-state index in [4.69, 9.17) is 0 Å². The van der Waals surface area contributed by atoms with E-state index >= 15 is 0 Å². The highest BCUT2D eigenvalue weighted by Crippen LogP contribution is 2.23. The second-order valence-corrected chi connectivity index (χ2v) is 5.06. The second kappa shape index (κ2) is 3.76. The molecular weight excluding hydrogens is 260 g/mol. The van der Waals surface area contributed by atoms with Crippen molar-refractivity contribution in [2.45, 2.75) is 0 Å². The summed E-state index contributed by atoms with van der Waals surface area (Å²) in [5.41, 5.74) is 1.25. The zero-order valence-electron chi connectivity index (χ0n) is 9.70. The first-order valence-electron chi connectivity index (χ1n) is 5.74. The van der Waals surface area contributed by atoms with E-state index in [1.165, 1.54) is 15.7 Å². The maximum Gasteiger partial charge on any atom is 0.334 e. The lowest BCUT2D eigenvalue weighted by Crippen LogP contribution is -2.16. The normalized spacial score (nSPS) is 11.4. The first-order chi connectivity index (χ1) is 9.34. The van der Waals surface area contributed by atoms with Crippen LogP contribution >= 0.6 is 11.3 Å². The van der Waals surface area contributed by atoms with E-state index in [0.29, 0.717) is 11.5 Å². The average Bonchev–Trinajstić information content (AvgIpc) is 3.05. The van der Waals surface area contributed by atoms with Crippen molar-refractivity contribution in [1.82, 2.24) is 19.6 Å². The molecule has 0 unspecified atom stereocenters. The molecule has 1 aromatic carbocycles. The zero-order chi connectivity index (χ0) is 12.8. The fraction of sp³-hybridized carbons (Fsp3) is 0. The molecule has 4 rings (SSSR count). The van der Waals surface area contributed by atoms with Crippen LogP contribution < -0.4 is 5.69 Å². The quantitative estimate of drug-likeness (QED) is 0.576. The Kier molecular flexibility index (Phi) is 2.07. The number of hydrogen-bond acceptors (Lipinski definition) is 4. The molecule has 4 aromatic rings. The molecule has 3 heterocycles. The number of rotatable bonds is 1. The largest absolute Gasteiger partial charge is 0.334 e. The monoisotopic (exact) mass is 268 g/mol. The predicted octanol–water partition coefficient (Wildman–Crippen LogP) is 2.30. The summed E-state index contributed by atoms with van der Waals surface area (Å²) in [6.07, 6.45) is 0. The van der Waals surface area contributed by atoms with Crippen LogP contribution in [0.15, 0.2) is 46.6 Å². The van der Waals surface area contributed by atoms with Gasteiger partial charge in [-0.1, -0.05) is 30.3 Å². The number of aromatic amines is 1. The lowest BCUT2D eigenvalue weighted by molar-refractivity contribution is 1.03. The summed E-state index contributed by atoms with van der Waals surface area (Å²) >= 11 is 1.48. The second-order valence-electron chi connectivity index (χ2n) is 4.14. The zero-order valence-corrected chi connectivity index (χ0v) is 10.5. The van der Waals surface area contributed by atoms with Gasteiger partial charge in [0.1, 0.15) is 4.83 Å². The van der Waals surface area contributed by atoms with E-state index in [2.05, 4.69) is 15.2 Å². The van der Waals surface area contributed by atoms with Gasteiger partial charge in [-0.25, -0.2) is 9.20 Å². The van der Waals surface area contributed by atoms with Crippen molar-refractivity contribution in [3.63, 3.8) is 0 Å². The summed E-state index contributed by atoms with van der Waals surface area (Å²) in [4.78, 5) is 15.9. The van der Waals surface area contributed by atoms with Gasteiger partial charge in [-0.3, -0.25) is 4.98 Å². The fourth-order valence-corrected chi connectivity index (χ4v) is 2.93. The molecule has 0 aliphatic heterocycles. The van der Waals surface area contributed by atoms with Crippen molar-refractivity contribution in [2.24, 2.45) is 0 Å². The Morgan fingerprint density at radius 3 is 2.79 bits per heavy atom. The van der Waals surface area contributed by atoms with Gasteiger partial charge < -0.3 is 0 Å². The molecule has 6 heteroatoms. The highest BCUT2D eigenvalue weighted by molar-refractivity contribution is 7.16. The van der Waals surface area contributed by atoms with Gasteiger partial charge in [0, 0.05) is 5.56 Å². The first-order valence-corrected chi connectivity index (χ1v) is 6.62. The number of nitrogens with zero attached hydrogens (tertiary/aromatic N) is 3. The first kappa shape index (κ1) is 10.5. The minimum Gasteiger partial charge on any atom is -0.298 e. The molecule has 0 bridgehead atoms. The lowest BCUT2D eigenvalue weighted by atomic mass is 10.2. The Morgan fingerprint density at radius 1 is 1.11 bits per heavy atom. The third-order valence-corrected chi connectivity index (χ3v) is 3.85. The van der Waals surface area contributed by atoms with E-state index in [1.807, 2.05) is 41.8 Å². The molecule has 0 fully saturated rings. The lowest BCUT2D eigenvalue weighted by Gasteiger charge is -1.99. The minimum atomic E-state index is -0.214. The van der Waals surface area contributed by atoms with E-state index in [0.717, 1.165) is 15.8 Å². The van der Waals surface area contributed by atoms with E-state index in [-0.39, 0.29) is 5.69 Å². The van der Waals surface area contributed by atoms with Crippen LogP contribution in [0.25, 0.3) is 27.3 Å². The molecule has 1 N–H and O–H groups in total. The van der Waals surface area contributed by atoms with E-state index in [1.54, 1.807) is 0 Å². The Morgan fingerprint density at radius 2 is 1.95 bits per heavy atom. The molecule has 0 aliphatic rings. The molecule has 19 heavy (non-hydrogen) atoms. The topological polar surface area (TPSA) is 63.0 Å². The van der Waals surface area contributed by atoms with Crippen LogP contribution in [0.4, 0.5) is 0 Å². The smallest absolute Gasteiger partial charge is 0.298 e. The van der Waals surface area contributed by atoms with Gasteiger partial charge in [-0.15, -0.1) is 21.5 Å². The highest BCUT2D eigenvalue weighted by atomic mass is 32.1.